The highest BCUT2D eigenvalue weighted by Gasteiger charge is 2.11. The highest BCUT2D eigenvalue weighted by molar-refractivity contribution is 6.04. The lowest BCUT2D eigenvalue weighted by molar-refractivity contribution is 0.102. The molecule has 0 aliphatic carbocycles. The van der Waals surface area contributed by atoms with Gasteiger partial charge in [-0.1, -0.05) is 0 Å². The van der Waals surface area contributed by atoms with Gasteiger partial charge in [-0.15, -0.1) is 0 Å². The fraction of sp³-hybridized carbons (Fsp3) is 0.214. The molecule has 0 bridgehead atoms. The third-order valence-electron chi connectivity index (χ3n) is 2.40. The predicted octanol–water partition coefficient (Wildman–Crippen LogP) is 1.81. The number of hydrogen-bond acceptors (Lipinski definition) is 4. The minimum atomic E-state index is -0.391. The maximum atomic E-state index is 12.1. The highest BCUT2D eigenvalue weighted by atomic mass is 16.5. The van der Waals surface area contributed by atoms with E-state index in [0.717, 1.165) is 0 Å². The smallest absolute Gasteiger partial charge is 0.256 e. The van der Waals surface area contributed by atoms with Crippen molar-refractivity contribution in [3.63, 3.8) is 0 Å². The Kier molecular flexibility index (Phi) is 4.14. The van der Waals surface area contributed by atoms with Crippen molar-refractivity contribution in [3.05, 3.63) is 52.6 Å². The van der Waals surface area contributed by atoms with Crippen LogP contribution in [-0.2, 0) is 0 Å². The van der Waals surface area contributed by atoms with Gasteiger partial charge in [0, 0.05) is 24.0 Å². The Labute approximate surface area is 115 Å². The molecule has 0 atom stereocenters. The van der Waals surface area contributed by atoms with E-state index < -0.39 is 5.91 Å². The normalized spacial score (nSPS) is 10.3. The van der Waals surface area contributed by atoms with Crippen LogP contribution in [-0.4, -0.2) is 22.0 Å². The Morgan fingerprint density at radius 2 is 2.20 bits per heavy atom. The lowest BCUT2D eigenvalue weighted by atomic mass is 10.2. The zero-order valence-electron chi connectivity index (χ0n) is 11.2. The Bertz CT molecular complexity index is 664. The fourth-order valence-corrected chi connectivity index (χ4v) is 1.58. The van der Waals surface area contributed by atoms with Gasteiger partial charge in [0.15, 0.2) is 0 Å². The number of anilines is 1. The quantitative estimate of drug-likeness (QED) is 0.889. The second kappa shape index (κ2) is 6.01. The Balaban J connectivity index is 2.22. The molecule has 0 saturated carbocycles. The van der Waals surface area contributed by atoms with E-state index in [2.05, 4.69) is 15.3 Å². The van der Waals surface area contributed by atoms with Crippen LogP contribution in [0.4, 0.5) is 5.69 Å². The van der Waals surface area contributed by atoms with Gasteiger partial charge in [0.1, 0.15) is 5.69 Å². The van der Waals surface area contributed by atoms with E-state index in [1.807, 2.05) is 13.8 Å². The van der Waals surface area contributed by atoms with E-state index in [1.165, 1.54) is 18.3 Å². The zero-order chi connectivity index (χ0) is 14.5. The average Bonchev–Trinajstić information content (AvgIpc) is 2.40. The molecule has 2 rings (SSSR count). The lowest BCUT2D eigenvalue weighted by Gasteiger charge is -2.13. The fourth-order valence-electron chi connectivity index (χ4n) is 1.58. The van der Waals surface area contributed by atoms with Crippen LogP contribution in [0.25, 0.3) is 0 Å². The van der Waals surface area contributed by atoms with Crippen LogP contribution in [0.3, 0.4) is 0 Å². The Morgan fingerprint density at radius 1 is 1.40 bits per heavy atom. The first-order valence-corrected chi connectivity index (χ1v) is 6.18. The van der Waals surface area contributed by atoms with Gasteiger partial charge in [-0.2, -0.15) is 0 Å². The summed E-state index contributed by atoms with van der Waals surface area (Å²) < 4.78 is 5.51. The van der Waals surface area contributed by atoms with Crippen molar-refractivity contribution in [2.24, 2.45) is 0 Å². The molecule has 2 N–H and O–H groups in total. The summed E-state index contributed by atoms with van der Waals surface area (Å²) in [6.07, 6.45) is 2.95. The van der Waals surface area contributed by atoms with Crippen LogP contribution in [0.15, 0.2) is 41.5 Å². The number of nitrogens with one attached hydrogen (secondary N) is 2. The van der Waals surface area contributed by atoms with Crippen molar-refractivity contribution in [3.8, 4) is 5.88 Å². The van der Waals surface area contributed by atoms with Crippen molar-refractivity contribution in [2.45, 2.75) is 20.0 Å². The maximum Gasteiger partial charge on any atom is 0.256 e. The largest absolute Gasteiger partial charge is 0.473 e. The number of aromatic nitrogens is 2. The highest BCUT2D eigenvalue weighted by Crippen LogP contribution is 2.22. The van der Waals surface area contributed by atoms with Gasteiger partial charge in [-0.25, -0.2) is 4.98 Å². The molecule has 20 heavy (non-hydrogen) atoms. The van der Waals surface area contributed by atoms with Crippen LogP contribution in [0.2, 0.25) is 0 Å². The number of carbonyl (C=O) groups excluding carboxylic acids is 1. The number of aromatic amines is 1. The van der Waals surface area contributed by atoms with Crippen LogP contribution in [0.1, 0.15) is 24.2 Å². The van der Waals surface area contributed by atoms with Gasteiger partial charge in [0.25, 0.3) is 5.91 Å². The molecule has 0 aliphatic heterocycles. The summed E-state index contributed by atoms with van der Waals surface area (Å²) in [5.41, 5.74) is 0.405. The second-order valence-corrected chi connectivity index (χ2v) is 4.42. The van der Waals surface area contributed by atoms with E-state index in [4.69, 9.17) is 4.74 Å². The van der Waals surface area contributed by atoms with E-state index in [0.29, 0.717) is 11.6 Å². The summed E-state index contributed by atoms with van der Waals surface area (Å²) in [5.74, 6) is -0.0432. The molecular formula is C14H15N3O3. The average molecular weight is 273 g/mol. The molecule has 0 aromatic carbocycles. The third kappa shape index (κ3) is 3.44. The Morgan fingerprint density at radius 3 is 2.90 bits per heavy atom. The molecule has 1 amide bonds. The molecule has 6 nitrogen and oxygen atoms in total. The molecule has 6 heteroatoms. The third-order valence-corrected chi connectivity index (χ3v) is 2.40. The van der Waals surface area contributed by atoms with Crippen molar-refractivity contribution in [1.82, 2.24) is 9.97 Å². The monoisotopic (exact) mass is 273 g/mol. The molecule has 2 aromatic heterocycles. The van der Waals surface area contributed by atoms with Crippen LogP contribution < -0.4 is 15.6 Å². The molecule has 0 spiro atoms. The van der Waals surface area contributed by atoms with Gasteiger partial charge in [0.05, 0.1) is 6.10 Å². The number of carbonyl (C=O) groups is 1. The minimum absolute atomic E-state index is 0.0554. The summed E-state index contributed by atoms with van der Waals surface area (Å²) in [5, 5.41) is 2.68. The summed E-state index contributed by atoms with van der Waals surface area (Å²) >= 11 is 0. The van der Waals surface area contributed by atoms with Crippen molar-refractivity contribution in [1.29, 1.82) is 0 Å². The standard InChI is InChI=1S/C14H15N3O3/c1-9(2)20-14-11(4-3-6-16-14)17-13(19)10-5-7-15-12(18)8-10/h3-9H,1-2H3,(H,15,18)(H,17,19). The first kappa shape index (κ1) is 13.8. The van der Waals surface area contributed by atoms with Gasteiger partial charge in [-0.3, -0.25) is 9.59 Å². The molecule has 0 aliphatic rings. The van der Waals surface area contributed by atoms with Crippen molar-refractivity contribution < 1.29 is 9.53 Å². The SMILES string of the molecule is CC(C)Oc1ncccc1NC(=O)c1cc[nH]c(=O)c1. The van der Waals surface area contributed by atoms with Crippen LogP contribution in [0.5, 0.6) is 5.88 Å². The summed E-state index contributed by atoms with van der Waals surface area (Å²) in [6.45, 7) is 3.74. The zero-order valence-corrected chi connectivity index (χ0v) is 11.2. The topological polar surface area (TPSA) is 84.1 Å². The van der Waals surface area contributed by atoms with E-state index in [9.17, 15) is 9.59 Å². The predicted molar refractivity (Wildman–Crippen MR) is 75.0 cm³/mol. The summed E-state index contributed by atoms with van der Waals surface area (Å²) in [6, 6.07) is 6.14. The number of ether oxygens (including phenoxy) is 1. The summed E-state index contributed by atoms with van der Waals surface area (Å²) in [4.78, 5) is 29.8. The molecule has 2 heterocycles. The molecule has 2 aromatic rings. The van der Waals surface area contributed by atoms with Gasteiger partial charge in [0.2, 0.25) is 11.4 Å². The number of H-pyrrole nitrogens is 1. The van der Waals surface area contributed by atoms with Crippen molar-refractivity contribution in [2.75, 3.05) is 5.32 Å². The molecular weight excluding hydrogens is 258 g/mol. The van der Waals surface area contributed by atoms with Gasteiger partial charge in [-0.05, 0) is 32.0 Å². The number of pyridine rings is 2. The molecule has 0 fully saturated rings. The lowest BCUT2D eigenvalue weighted by Crippen LogP contribution is -2.17. The number of amides is 1. The van der Waals surface area contributed by atoms with E-state index in [1.54, 1.807) is 18.3 Å². The Hall–Kier alpha value is -2.63. The molecule has 0 saturated heterocycles. The van der Waals surface area contributed by atoms with Crippen LogP contribution in [0, 0.1) is 0 Å². The van der Waals surface area contributed by atoms with Crippen molar-refractivity contribution >= 4 is 11.6 Å². The maximum absolute atomic E-state index is 12.1. The van der Waals surface area contributed by atoms with Crippen LogP contribution >= 0.6 is 0 Å². The first-order valence-electron chi connectivity index (χ1n) is 6.18. The van der Waals surface area contributed by atoms with Gasteiger partial charge >= 0.3 is 0 Å². The number of rotatable bonds is 4. The number of nitrogens with zero attached hydrogens (tertiary/aromatic N) is 1. The molecule has 0 unspecified atom stereocenters. The van der Waals surface area contributed by atoms with E-state index >= 15 is 0 Å². The first-order chi connectivity index (χ1) is 9.56. The molecule has 0 radical (unpaired) electrons. The molecule has 104 valence electrons. The minimum Gasteiger partial charge on any atom is -0.473 e. The number of hydrogen-bond donors (Lipinski definition) is 2. The van der Waals surface area contributed by atoms with Gasteiger partial charge < -0.3 is 15.0 Å². The second-order valence-electron chi connectivity index (χ2n) is 4.42. The van der Waals surface area contributed by atoms with E-state index in [-0.39, 0.29) is 17.2 Å². The summed E-state index contributed by atoms with van der Waals surface area (Å²) in [7, 11) is 0.